The maximum atomic E-state index is 12.8. The Kier molecular flexibility index (Phi) is 6.41. The number of hydrogen-bond donors (Lipinski definition) is 0. The fourth-order valence-corrected chi connectivity index (χ4v) is 5.79. The van der Waals surface area contributed by atoms with Crippen LogP contribution in [0, 0.1) is 6.07 Å². The van der Waals surface area contributed by atoms with Gasteiger partial charge in [0, 0.05) is 12.3 Å². The maximum Gasteiger partial charge on any atom is 0.182 e. The highest BCUT2D eigenvalue weighted by Gasteiger charge is 2.30. The highest BCUT2D eigenvalue weighted by molar-refractivity contribution is 7.94. The third-order valence-electron chi connectivity index (χ3n) is 3.39. The minimum absolute atomic E-state index is 0.109. The third-order valence-corrected chi connectivity index (χ3v) is 6.90. The van der Waals surface area contributed by atoms with Crippen LogP contribution in [0.1, 0.15) is 46.0 Å². The molecule has 0 aliphatic heterocycles. The highest BCUT2D eigenvalue weighted by atomic mass is 32.2. The first-order chi connectivity index (χ1) is 9.75. The second kappa shape index (κ2) is 7.40. The first-order valence-corrected chi connectivity index (χ1v) is 10.6. The van der Waals surface area contributed by atoms with E-state index in [1.807, 2.05) is 13.8 Å². The van der Waals surface area contributed by atoms with Crippen LogP contribution in [0.15, 0.2) is 28.0 Å². The van der Waals surface area contributed by atoms with Gasteiger partial charge in [0.1, 0.15) is 0 Å². The molecular weight excluding hydrogens is 308 g/mol. The van der Waals surface area contributed by atoms with Gasteiger partial charge in [-0.15, -0.1) is 0 Å². The molecule has 0 heterocycles. The van der Waals surface area contributed by atoms with Crippen molar-refractivity contribution in [3.8, 4) is 0 Å². The molecule has 119 valence electrons. The molecule has 1 radical (unpaired) electrons. The summed E-state index contributed by atoms with van der Waals surface area (Å²) in [6.45, 7) is 3.94. The lowest BCUT2D eigenvalue weighted by atomic mass is 10.1. The minimum Gasteiger partial charge on any atom is -0.224 e. The molecule has 1 aromatic rings. The third kappa shape index (κ3) is 4.54. The average Bonchev–Trinajstić information content (AvgIpc) is 2.42. The molecule has 1 atom stereocenters. The molecule has 1 aromatic carbocycles. The van der Waals surface area contributed by atoms with Crippen molar-refractivity contribution in [2.75, 3.05) is 6.26 Å². The van der Waals surface area contributed by atoms with E-state index in [1.165, 1.54) is 18.2 Å². The summed E-state index contributed by atoms with van der Waals surface area (Å²) in [7, 11) is -7.28. The molecule has 0 aromatic heterocycles. The van der Waals surface area contributed by atoms with Crippen LogP contribution in [0.2, 0.25) is 0 Å². The van der Waals surface area contributed by atoms with Crippen LogP contribution >= 0.6 is 0 Å². The van der Waals surface area contributed by atoms with Crippen LogP contribution in [-0.2, 0) is 19.7 Å². The predicted octanol–water partition coefficient (Wildman–Crippen LogP) is 3.02. The van der Waals surface area contributed by atoms with E-state index in [0.717, 1.165) is 25.5 Å². The second-order valence-electron chi connectivity index (χ2n) is 5.23. The zero-order chi connectivity index (χ0) is 16.1. The van der Waals surface area contributed by atoms with Crippen molar-refractivity contribution in [3.05, 3.63) is 24.3 Å². The van der Waals surface area contributed by atoms with E-state index in [0.29, 0.717) is 12.8 Å². The summed E-state index contributed by atoms with van der Waals surface area (Å²) >= 11 is 0. The monoisotopic (exact) mass is 331 g/mol. The highest BCUT2D eigenvalue weighted by Crippen LogP contribution is 2.28. The molecule has 1 rings (SSSR count). The largest absolute Gasteiger partial charge is 0.224 e. The van der Waals surface area contributed by atoms with E-state index >= 15 is 0 Å². The summed E-state index contributed by atoms with van der Waals surface area (Å²) in [5.41, 5.74) is 0. The van der Waals surface area contributed by atoms with Crippen molar-refractivity contribution in [2.24, 2.45) is 0 Å². The molecule has 0 N–H and O–H groups in total. The van der Waals surface area contributed by atoms with Crippen LogP contribution < -0.4 is 0 Å². The molecule has 0 fully saturated rings. The normalized spacial score (nSPS) is 14.0. The van der Waals surface area contributed by atoms with Gasteiger partial charge in [-0.05, 0) is 18.9 Å². The average molecular weight is 331 g/mol. The molecule has 0 amide bonds. The first kappa shape index (κ1) is 18.2. The van der Waals surface area contributed by atoms with Crippen molar-refractivity contribution >= 4 is 19.7 Å². The lowest BCUT2D eigenvalue weighted by Crippen LogP contribution is -2.23. The fourth-order valence-electron chi connectivity index (χ4n) is 2.31. The topological polar surface area (TPSA) is 68.3 Å². The molecule has 0 spiro atoms. The van der Waals surface area contributed by atoms with Crippen molar-refractivity contribution in [1.82, 2.24) is 0 Å². The SMILES string of the molecule is CCCCC(CCC)S(=O)(=O)c1ccc[c]c1S(C)(=O)=O. The van der Waals surface area contributed by atoms with E-state index in [4.69, 9.17) is 0 Å². The number of rotatable bonds is 8. The van der Waals surface area contributed by atoms with Crippen LogP contribution in [0.25, 0.3) is 0 Å². The van der Waals surface area contributed by atoms with Crippen molar-refractivity contribution in [1.29, 1.82) is 0 Å². The van der Waals surface area contributed by atoms with E-state index in [-0.39, 0.29) is 9.79 Å². The second-order valence-corrected chi connectivity index (χ2v) is 9.38. The number of sulfone groups is 2. The maximum absolute atomic E-state index is 12.8. The lowest BCUT2D eigenvalue weighted by Gasteiger charge is -2.18. The van der Waals surface area contributed by atoms with Gasteiger partial charge in [-0.1, -0.05) is 45.2 Å². The van der Waals surface area contributed by atoms with Gasteiger partial charge in [0.05, 0.1) is 15.0 Å². The smallest absolute Gasteiger partial charge is 0.182 e. The zero-order valence-electron chi connectivity index (χ0n) is 12.8. The summed E-state index contributed by atoms with van der Waals surface area (Å²) in [5.74, 6) is 0. The Labute approximate surface area is 128 Å². The van der Waals surface area contributed by atoms with Gasteiger partial charge in [-0.2, -0.15) is 0 Å². The molecule has 0 saturated heterocycles. The molecule has 1 unspecified atom stereocenters. The van der Waals surface area contributed by atoms with Crippen LogP contribution in [-0.4, -0.2) is 28.3 Å². The Bertz CT molecular complexity index is 661. The summed E-state index contributed by atoms with van der Waals surface area (Å²) in [4.78, 5) is -0.329. The molecule has 21 heavy (non-hydrogen) atoms. The first-order valence-electron chi connectivity index (χ1n) is 7.19. The zero-order valence-corrected chi connectivity index (χ0v) is 14.4. The van der Waals surface area contributed by atoms with E-state index in [1.54, 1.807) is 0 Å². The molecular formula is C15H23O4S2. The van der Waals surface area contributed by atoms with Gasteiger partial charge in [-0.3, -0.25) is 0 Å². The van der Waals surface area contributed by atoms with E-state index in [9.17, 15) is 16.8 Å². The van der Waals surface area contributed by atoms with Crippen LogP contribution in [0.5, 0.6) is 0 Å². The Balaban J connectivity index is 3.35. The summed E-state index contributed by atoms with van der Waals surface area (Å²) in [5, 5.41) is -0.529. The van der Waals surface area contributed by atoms with Gasteiger partial charge in [0.15, 0.2) is 19.7 Å². The minimum atomic E-state index is -3.66. The van der Waals surface area contributed by atoms with Crippen molar-refractivity contribution in [2.45, 2.75) is 61.0 Å². The Morgan fingerprint density at radius 2 is 1.76 bits per heavy atom. The van der Waals surface area contributed by atoms with Gasteiger partial charge < -0.3 is 0 Å². The molecule has 6 heteroatoms. The van der Waals surface area contributed by atoms with E-state index in [2.05, 4.69) is 6.07 Å². The molecule has 0 saturated carbocycles. The van der Waals surface area contributed by atoms with Gasteiger partial charge in [0.2, 0.25) is 0 Å². The van der Waals surface area contributed by atoms with Gasteiger partial charge in [-0.25, -0.2) is 16.8 Å². The van der Waals surface area contributed by atoms with Crippen LogP contribution in [0.4, 0.5) is 0 Å². The molecule has 4 nitrogen and oxygen atoms in total. The molecule has 0 bridgehead atoms. The Hall–Kier alpha value is -0.880. The Morgan fingerprint density at radius 1 is 1.10 bits per heavy atom. The molecule has 0 aliphatic carbocycles. The Morgan fingerprint density at radius 3 is 2.29 bits per heavy atom. The number of hydrogen-bond acceptors (Lipinski definition) is 4. The van der Waals surface area contributed by atoms with Crippen molar-refractivity contribution in [3.63, 3.8) is 0 Å². The number of unbranched alkanes of at least 4 members (excludes halogenated alkanes) is 1. The molecule has 0 aliphatic rings. The summed E-state index contributed by atoms with van der Waals surface area (Å²) < 4.78 is 49.2. The lowest BCUT2D eigenvalue weighted by molar-refractivity contribution is 0.544. The summed E-state index contributed by atoms with van der Waals surface area (Å²) in [6.07, 6.45) is 4.59. The quantitative estimate of drug-likeness (QED) is 0.734. The van der Waals surface area contributed by atoms with E-state index < -0.39 is 24.9 Å². The number of benzene rings is 1. The van der Waals surface area contributed by atoms with Gasteiger partial charge in [0.25, 0.3) is 0 Å². The van der Waals surface area contributed by atoms with Crippen molar-refractivity contribution < 1.29 is 16.8 Å². The fraction of sp³-hybridized carbons (Fsp3) is 0.600. The van der Waals surface area contributed by atoms with Gasteiger partial charge >= 0.3 is 0 Å². The standard InChI is InChI=1S/C15H23O4S2/c1-4-6-10-13(9-5-2)21(18,19)15-12-8-7-11-14(15)20(3,16)17/h7-8,12-13H,4-6,9-10H2,1-3H3. The predicted molar refractivity (Wildman–Crippen MR) is 83.8 cm³/mol. The van der Waals surface area contributed by atoms with Crippen LogP contribution in [0.3, 0.4) is 0 Å². The summed E-state index contributed by atoms with van der Waals surface area (Å²) in [6, 6.07) is 6.89.